The molecule has 1 aromatic rings. The summed E-state index contributed by atoms with van der Waals surface area (Å²) >= 11 is 0. The third-order valence-corrected chi connectivity index (χ3v) is 1.12. The molecule has 1 aromatic heterocycles. The Bertz CT molecular complexity index is 248. The summed E-state index contributed by atoms with van der Waals surface area (Å²) in [4.78, 5) is 23.0. The Hall–Kier alpha value is -1.42. The largest absolute Gasteiger partial charge is 0.339 e. The molecule has 64 valence electrons. The molecule has 4 nitrogen and oxygen atoms in total. The van der Waals surface area contributed by atoms with Gasteiger partial charge >= 0.3 is 5.97 Å². The van der Waals surface area contributed by atoms with Crippen LogP contribution in [0.15, 0.2) is 24.5 Å². The summed E-state index contributed by atoms with van der Waals surface area (Å²) in [6.07, 6.45) is 3.30. The van der Waals surface area contributed by atoms with E-state index in [1.165, 1.54) is 6.92 Å². The van der Waals surface area contributed by atoms with Crippen LogP contribution in [0.1, 0.15) is 12.5 Å². The molecule has 0 N–H and O–H groups in total. The number of pyridine rings is 1. The quantitative estimate of drug-likeness (QED) is 0.499. The van der Waals surface area contributed by atoms with E-state index in [-0.39, 0.29) is 6.61 Å². The second-order valence-electron chi connectivity index (χ2n) is 2.20. The smallest absolute Gasteiger partial charge is 0.298 e. The summed E-state index contributed by atoms with van der Waals surface area (Å²) < 4.78 is 0. The minimum absolute atomic E-state index is 0.230. The fraction of sp³-hybridized carbons (Fsp3) is 0.250. The van der Waals surface area contributed by atoms with Gasteiger partial charge in [-0.3, -0.25) is 9.87 Å². The summed E-state index contributed by atoms with van der Waals surface area (Å²) in [6.45, 7) is 1.51. The molecule has 0 aromatic carbocycles. The molecule has 0 fully saturated rings. The number of carbonyl (C=O) groups excluding carboxylic acids is 1. The molecule has 0 amide bonds. The van der Waals surface area contributed by atoms with Crippen molar-refractivity contribution in [3.05, 3.63) is 30.1 Å². The van der Waals surface area contributed by atoms with Gasteiger partial charge in [0.2, 0.25) is 0 Å². The maximum absolute atomic E-state index is 10.3. The highest BCUT2D eigenvalue weighted by Gasteiger charge is 1.95. The predicted molar refractivity (Wildman–Crippen MR) is 40.8 cm³/mol. The first-order valence-corrected chi connectivity index (χ1v) is 3.48. The molecule has 0 spiro atoms. The first-order valence-electron chi connectivity index (χ1n) is 3.48. The van der Waals surface area contributed by atoms with Crippen LogP contribution in [0.4, 0.5) is 0 Å². The molecule has 12 heavy (non-hydrogen) atoms. The van der Waals surface area contributed by atoms with E-state index in [1.807, 2.05) is 6.07 Å². The molecule has 0 aliphatic heterocycles. The predicted octanol–water partition coefficient (Wildman–Crippen LogP) is 1.08. The fourth-order valence-electron chi connectivity index (χ4n) is 0.664. The lowest BCUT2D eigenvalue weighted by atomic mass is 10.3. The van der Waals surface area contributed by atoms with Crippen LogP contribution in [0.5, 0.6) is 0 Å². The van der Waals surface area contributed by atoms with E-state index >= 15 is 0 Å². The van der Waals surface area contributed by atoms with Crippen LogP contribution in [0.2, 0.25) is 0 Å². The zero-order valence-electron chi connectivity index (χ0n) is 6.69. The van der Waals surface area contributed by atoms with Crippen molar-refractivity contribution in [3.63, 3.8) is 0 Å². The molecule has 0 radical (unpaired) electrons. The first-order chi connectivity index (χ1) is 5.79. The van der Waals surface area contributed by atoms with Gasteiger partial charge in [0.1, 0.15) is 6.61 Å². The lowest BCUT2D eigenvalue weighted by Crippen LogP contribution is -2.00. The Balaban J connectivity index is 2.29. The molecule has 1 rings (SSSR count). The normalized spacial score (nSPS) is 9.42. The maximum Gasteiger partial charge on any atom is 0.339 e. The molecule has 0 aliphatic rings. The van der Waals surface area contributed by atoms with E-state index in [4.69, 9.17) is 0 Å². The van der Waals surface area contributed by atoms with Crippen LogP contribution in [0.25, 0.3) is 0 Å². The van der Waals surface area contributed by atoms with Gasteiger partial charge in [-0.15, -0.1) is 0 Å². The number of carbonyl (C=O) groups is 1. The van der Waals surface area contributed by atoms with E-state index in [0.29, 0.717) is 0 Å². The van der Waals surface area contributed by atoms with E-state index in [2.05, 4.69) is 14.8 Å². The SMILES string of the molecule is CC(=O)OOCc1cccnc1. The molecule has 0 aliphatic carbocycles. The zero-order chi connectivity index (χ0) is 8.81. The van der Waals surface area contributed by atoms with Crippen molar-refractivity contribution in [1.82, 2.24) is 4.98 Å². The second kappa shape index (κ2) is 4.46. The number of nitrogens with zero attached hydrogens (tertiary/aromatic N) is 1. The third-order valence-electron chi connectivity index (χ3n) is 1.12. The van der Waals surface area contributed by atoms with Crippen molar-refractivity contribution < 1.29 is 14.6 Å². The molecule has 0 saturated heterocycles. The van der Waals surface area contributed by atoms with Crippen LogP contribution >= 0.6 is 0 Å². The highest BCUT2D eigenvalue weighted by molar-refractivity contribution is 5.65. The van der Waals surface area contributed by atoms with Crippen molar-refractivity contribution >= 4 is 5.97 Å². The van der Waals surface area contributed by atoms with Crippen LogP contribution in [-0.2, 0) is 21.2 Å². The lowest BCUT2D eigenvalue weighted by Gasteiger charge is -1.99. The Labute approximate surface area is 70.1 Å². The molecular formula is C8H9NO3. The number of aromatic nitrogens is 1. The van der Waals surface area contributed by atoms with Crippen LogP contribution in [0, 0.1) is 0 Å². The molecule has 0 unspecified atom stereocenters. The van der Waals surface area contributed by atoms with Gasteiger partial charge in [0.05, 0.1) is 0 Å². The monoisotopic (exact) mass is 167 g/mol. The standard InChI is InChI=1S/C8H9NO3/c1-7(10)12-11-6-8-3-2-4-9-5-8/h2-5H,6H2,1H3. The van der Waals surface area contributed by atoms with Crippen molar-refractivity contribution in [2.75, 3.05) is 0 Å². The third kappa shape index (κ3) is 3.12. The number of hydrogen-bond donors (Lipinski definition) is 0. The van der Waals surface area contributed by atoms with Gasteiger partial charge in [0.25, 0.3) is 0 Å². The minimum Gasteiger partial charge on any atom is -0.298 e. The van der Waals surface area contributed by atoms with Crippen molar-refractivity contribution in [2.45, 2.75) is 13.5 Å². The second-order valence-corrected chi connectivity index (χ2v) is 2.20. The van der Waals surface area contributed by atoms with Gasteiger partial charge in [0.15, 0.2) is 0 Å². The van der Waals surface area contributed by atoms with Crippen molar-refractivity contribution in [2.24, 2.45) is 0 Å². The lowest BCUT2D eigenvalue weighted by molar-refractivity contribution is -0.277. The van der Waals surface area contributed by atoms with E-state index in [0.717, 1.165) is 5.56 Å². The van der Waals surface area contributed by atoms with E-state index in [9.17, 15) is 4.79 Å². The summed E-state index contributed by atoms with van der Waals surface area (Å²) in [5.74, 6) is -0.459. The molecule has 4 heteroatoms. The van der Waals surface area contributed by atoms with Gasteiger partial charge < -0.3 is 0 Å². The molecule has 0 saturated carbocycles. The van der Waals surface area contributed by atoms with Crippen LogP contribution < -0.4 is 0 Å². The summed E-state index contributed by atoms with van der Waals surface area (Å²) in [7, 11) is 0. The molecule has 0 atom stereocenters. The molecular weight excluding hydrogens is 158 g/mol. The number of rotatable bonds is 3. The van der Waals surface area contributed by atoms with Crippen molar-refractivity contribution in [3.8, 4) is 0 Å². The zero-order valence-corrected chi connectivity index (χ0v) is 6.69. The van der Waals surface area contributed by atoms with Crippen LogP contribution in [0.3, 0.4) is 0 Å². The molecule has 1 heterocycles. The number of hydrogen-bond acceptors (Lipinski definition) is 4. The Kier molecular flexibility index (Phi) is 3.22. The first kappa shape index (κ1) is 8.67. The highest BCUT2D eigenvalue weighted by Crippen LogP contribution is 1.98. The van der Waals surface area contributed by atoms with E-state index < -0.39 is 5.97 Å². The van der Waals surface area contributed by atoms with Gasteiger partial charge in [0, 0.05) is 24.9 Å². The Morgan fingerprint density at radius 3 is 3.08 bits per heavy atom. The van der Waals surface area contributed by atoms with Crippen molar-refractivity contribution in [1.29, 1.82) is 0 Å². The highest BCUT2D eigenvalue weighted by atomic mass is 17.2. The summed E-state index contributed by atoms with van der Waals surface area (Å²) in [5, 5.41) is 0. The molecule has 0 bridgehead atoms. The van der Waals surface area contributed by atoms with Gasteiger partial charge in [-0.25, -0.2) is 4.79 Å². The average Bonchev–Trinajstić information content (AvgIpc) is 2.05. The maximum atomic E-state index is 10.3. The topological polar surface area (TPSA) is 48.4 Å². The average molecular weight is 167 g/mol. The van der Waals surface area contributed by atoms with Gasteiger partial charge in [-0.05, 0) is 6.07 Å². The Morgan fingerprint density at radius 2 is 2.50 bits per heavy atom. The fourth-order valence-corrected chi connectivity index (χ4v) is 0.664. The summed E-state index contributed by atoms with van der Waals surface area (Å²) in [6, 6.07) is 3.61. The van der Waals surface area contributed by atoms with E-state index in [1.54, 1.807) is 18.5 Å². The Morgan fingerprint density at radius 1 is 1.67 bits per heavy atom. The van der Waals surface area contributed by atoms with Gasteiger partial charge in [-0.2, -0.15) is 4.89 Å². The van der Waals surface area contributed by atoms with Crippen LogP contribution in [-0.4, -0.2) is 11.0 Å². The summed E-state index contributed by atoms with van der Waals surface area (Å²) in [5.41, 5.74) is 0.860. The minimum atomic E-state index is -0.459. The van der Waals surface area contributed by atoms with Gasteiger partial charge in [-0.1, -0.05) is 6.07 Å².